The largest absolute Gasteiger partial charge is 0.396 e. The number of benzene rings is 2. The molecule has 0 aromatic heterocycles. The van der Waals surface area contributed by atoms with Gasteiger partial charge in [-0.1, -0.05) is 12.1 Å². The fourth-order valence-corrected chi connectivity index (χ4v) is 5.09. The molecule has 202 valence electrons. The van der Waals surface area contributed by atoms with Crippen LogP contribution in [0.2, 0.25) is 0 Å². The molecule has 0 radical (unpaired) electrons. The van der Waals surface area contributed by atoms with E-state index in [-0.39, 0.29) is 24.3 Å². The molecule has 5 rings (SSSR count). The standard InChI is InChI=1S/C28H27FN4O6/c1-18(30-33(19(2)34)22-9-7-21(29)8-10-22)31-15-13-20(14-16-31)17-32-27(37)23-5-3-4-6-24(23)28(32)38-25(35)11-12-26(36)39-28/h3-12,20H,13-17H2,1-2H3/b30-18+. The molecule has 0 bridgehead atoms. The molecule has 11 heteroatoms. The smallest absolute Gasteiger partial charge is 0.375 e. The molecular weight excluding hydrogens is 507 g/mol. The monoisotopic (exact) mass is 534 g/mol. The molecule has 2 aromatic rings. The van der Waals surface area contributed by atoms with Gasteiger partial charge >= 0.3 is 17.8 Å². The second kappa shape index (κ2) is 10.3. The number of fused-ring (bicyclic) bond motifs is 2. The van der Waals surface area contributed by atoms with Crippen molar-refractivity contribution in [1.29, 1.82) is 0 Å². The number of halogens is 1. The zero-order chi connectivity index (χ0) is 27.7. The number of amides is 2. The third-order valence-corrected chi connectivity index (χ3v) is 7.06. The quantitative estimate of drug-likeness (QED) is 0.257. The van der Waals surface area contributed by atoms with Crippen LogP contribution in [0.4, 0.5) is 10.1 Å². The zero-order valence-electron chi connectivity index (χ0n) is 21.5. The second-order valence-electron chi connectivity index (χ2n) is 9.60. The number of rotatable bonds is 4. The summed E-state index contributed by atoms with van der Waals surface area (Å²) in [5, 5.41) is 5.71. The van der Waals surface area contributed by atoms with E-state index in [1.807, 2.05) is 4.90 Å². The molecule has 0 N–H and O–H groups in total. The Morgan fingerprint density at radius 1 is 1.00 bits per heavy atom. The summed E-state index contributed by atoms with van der Waals surface area (Å²) in [6, 6.07) is 12.1. The number of carbonyl (C=O) groups excluding carboxylic acids is 4. The van der Waals surface area contributed by atoms with Gasteiger partial charge in [0, 0.05) is 38.7 Å². The number of anilines is 1. The Balaban J connectivity index is 1.31. The van der Waals surface area contributed by atoms with Crippen LogP contribution < -0.4 is 5.01 Å². The summed E-state index contributed by atoms with van der Waals surface area (Å²) in [5.41, 5.74) is 1.08. The van der Waals surface area contributed by atoms with Crippen LogP contribution in [0.25, 0.3) is 0 Å². The molecule has 2 amide bonds. The molecule has 2 aromatic carbocycles. The van der Waals surface area contributed by atoms with Crippen LogP contribution in [0.1, 0.15) is 42.6 Å². The summed E-state index contributed by atoms with van der Waals surface area (Å²) in [5.74, 6) is -4.00. The number of hydrazone groups is 1. The van der Waals surface area contributed by atoms with Gasteiger partial charge in [-0.05, 0) is 62.1 Å². The van der Waals surface area contributed by atoms with Crippen LogP contribution in [-0.4, -0.2) is 59.0 Å². The number of amidine groups is 1. The van der Waals surface area contributed by atoms with E-state index in [1.54, 1.807) is 31.2 Å². The highest BCUT2D eigenvalue weighted by atomic mass is 19.1. The van der Waals surface area contributed by atoms with Crippen molar-refractivity contribution in [1.82, 2.24) is 9.80 Å². The van der Waals surface area contributed by atoms with Gasteiger partial charge in [0.25, 0.3) is 5.91 Å². The molecule has 1 spiro atoms. The number of piperidine rings is 1. The molecule has 1 saturated heterocycles. The van der Waals surface area contributed by atoms with E-state index in [0.717, 1.165) is 12.2 Å². The number of hydrogen-bond donors (Lipinski definition) is 0. The molecule has 10 nitrogen and oxygen atoms in total. The maximum Gasteiger partial charge on any atom is 0.375 e. The Labute approximate surface area is 224 Å². The van der Waals surface area contributed by atoms with E-state index in [0.29, 0.717) is 48.6 Å². The SMILES string of the molecule is CC(=O)N(/N=C(\C)N1CCC(CN2C(=O)c3ccccc3C23OC(=O)C=CC(=O)O3)CC1)c1ccc(F)cc1. The molecule has 3 aliphatic heterocycles. The lowest BCUT2D eigenvalue weighted by molar-refractivity contribution is -0.274. The van der Waals surface area contributed by atoms with Gasteiger partial charge in [-0.3, -0.25) is 14.5 Å². The highest BCUT2D eigenvalue weighted by Gasteiger charge is 2.57. The van der Waals surface area contributed by atoms with Crippen molar-refractivity contribution in [2.75, 3.05) is 24.6 Å². The normalized spacial score (nSPS) is 19.1. The lowest BCUT2D eigenvalue weighted by Gasteiger charge is -2.39. The summed E-state index contributed by atoms with van der Waals surface area (Å²) in [6.07, 6.45) is 3.30. The molecule has 3 heterocycles. The van der Waals surface area contributed by atoms with Crippen LogP contribution in [0.3, 0.4) is 0 Å². The predicted octanol–water partition coefficient (Wildman–Crippen LogP) is 3.15. The van der Waals surface area contributed by atoms with Gasteiger partial charge in [0.15, 0.2) is 0 Å². The van der Waals surface area contributed by atoms with E-state index in [9.17, 15) is 23.6 Å². The highest BCUT2D eigenvalue weighted by molar-refractivity contribution is 6.01. The summed E-state index contributed by atoms with van der Waals surface area (Å²) in [4.78, 5) is 53.7. The minimum Gasteiger partial charge on any atom is -0.396 e. The van der Waals surface area contributed by atoms with Gasteiger partial charge in [-0.2, -0.15) is 10.1 Å². The van der Waals surface area contributed by atoms with Crippen molar-refractivity contribution < 1.29 is 33.0 Å². The van der Waals surface area contributed by atoms with Crippen LogP contribution in [0.5, 0.6) is 0 Å². The van der Waals surface area contributed by atoms with Crippen LogP contribution >= 0.6 is 0 Å². The Kier molecular flexibility index (Phi) is 6.90. The first kappa shape index (κ1) is 26.1. The Morgan fingerprint density at radius 2 is 1.62 bits per heavy atom. The van der Waals surface area contributed by atoms with Crippen molar-refractivity contribution in [3.8, 4) is 0 Å². The molecule has 0 saturated carbocycles. The highest BCUT2D eigenvalue weighted by Crippen LogP contribution is 2.43. The zero-order valence-corrected chi connectivity index (χ0v) is 21.5. The van der Waals surface area contributed by atoms with E-state index in [4.69, 9.17) is 9.47 Å². The molecule has 1 fully saturated rings. The molecule has 39 heavy (non-hydrogen) atoms. The molecule has 0 unspecified atom stereocenters. The van der Waals surface area contributed by atoms with Gasteiger partial charge in [0.1, 0.15) is 11.7 Å². The second-order valence-corrected chi connectivity index (χ2v) is 9.60. The Morgan fingerprint density at radius 3 is 2.23 bits per heavy atom. The Hall–Kier alpha value is -4.54. The lowest BCUT2D eigenvalue weighted by Crippen LogP contribution is -2.52. The van der Waals surface area contributed by atoms with Gasteiger partial charge < -0.3 is 14.4 Å². The third kappa shape index (κ3) is 4.99. The van der Waals surface area contributed by atoms with Crippen molar-refractivity contribution in [2.24, 2.45) is 11.0 Å². The first-order valence-corrected chi connectivity index (χ1v) is 12.6. The first-order valence-electron chi connectivity index (χ1n) is 12.6. The van der Waals surface area contributed by atoms with Crippen LogP contribution in [0.15, 0.2) is 65.8 Å². The van der Waals surface area contributed by atoms with Crippen molar-refractivity contribution in [3.63, 3.8) is 0 Å². The summed E-state index contributed by atoms with van der Waals surface area (Å²) >= 11 is 0. The number of ether oxygens (including phenoxy) is 2. The minimum atomic E-state index is -1.96. The van der Waals surface area contributed by atoms with E-state index < -0.39 is 23.7 Å². The fourth-order valence-electron chi connectivity index (χ4n) is 5.09. The Bertz CT molecular complexity index is 1360. The average molecular weight is 535 g/mol. The van der Waals surface area contributed by atoms with Gasteiger partial charge in [0.2, 0.25) is 5.91 Å². The summed E-state index contributed by atoms with van der Waals surface area (Å²) in [6.45, 7) is 4.58. The van der Waals surface area contributed by atoms with Gasteiger partial charge in [0.05, 0.1) is 16.8 Å². The number of hydrogen-bond acceptors (Lipinski definition) is 7. The van der Waals surface area contributed by atoms with E-state index in [1.165, 1.54) is 41.1 Å². The van der Waals surface area contributed by atoms with Crippen LogP contribution in [0, 0.1) is 11.7 Å². The van der Waals surface area contributed by atoms with Crippen molar-refractivity contribution >= 4 is 35.3 Å². The minimum absolute atomic E-state index is 0.0128. The van der Waals surface area contributed by atoms with Crippen molar-refractivity contribution in [3.05, 3.63) is 77.6 Å². The summed E-state index contributed by atoms with van der Waals surface area (Å²) in [7, 11) is 0. The van der Waals surface area contributed by atoms with Gasteiger partial charge in [-0.25, -0.2) is 14.0 Å². The molecule has 0 atom stereocenters. The number of nitrogens with zero attached hydrogens (tertiary/aromatic N) is 4. The maximum absolute atomic E-state index is 13.4. The number of likely N-dealkylation sites (tertiary alicyclic amines) is 1. The number of carbonyl (C=O) groups is 4. The van der Waals surface area contributed by atoms with E-state index in [2.05, 4.69) is 5.10 Å². The molecule has 3 aliphatic rings. The van der Waals surface area contributed by atoms with Gasteiger partial charge in [-0.15, -0.1) is 0 Å². The van der Waals surface area contributed by atoms with Crippen molar-refractivity contribution in [2.45, 2.75) is 32.6 Å². The molecule has 0 aliphatic carbocycles. The lowest BCUT2D eigenvalue weighted by atomic mass is 9.96. The average Bonchev–Trinajstić information content (AvgIpc) is 3.03. The van der Waals surface area contributed by atoms with E-state index >= 15 is 0 Å². The first-order chi connectivity index (χ1) is 18.7. The molecular formula is C28H27FN4O6. The third-order valence-electron chi connectivity index (χ3n) is 7.06. The maximum atomic E-state index is 13.4. The fraction of sp³-hybridized carbons (Fsp3) is 0.321. The number of esters is 2. The van der Waals surface area contributed by atoms with Crippen LogP contribution in [-0.2, 0) is 29.8 Å². The summed E-state index contributed by atoms with van der Waals surface area (Å²) < 4.78 is 24.5. The predicted molar refractivity (Wildman–Crippen MR) is 137 cm³/mol. The topological polar surface area (TPSA) is 109 Å².